The van der Waals surface area contributed by atoms with Gasteiger partial charge >= 0.3 is 0 Å². The van der Waals surface area contributed by atoms with E-state index in [0.29, 0.717) is 32.2 Å². The third-order valence-electron chi connectivity index (χ3n) is 6.16. The molecule has 4 rings (SSSR count). The minimum atomic E-state index is -0.610. The van der Waals surface area contributed by atoms with Gasteiger partial charge in [0.05, 0.1) is 25.9 Å². The van der Waals surface area contributed by atoms with Crippen LogP contribution in [0.15, 0.2) is 47.4 Å². The van der Waals surface area contributed by atoms with Gasteiger partial charge in [0.1, 0.15) is 17.0 Å². The highest BCUT2D eigenvalue weighted by molar-refractivity contribution is 5.93. The van der Waals surface area contributed by atoms with Crippen molar-refractivity contribution in [3.05, 3.63) is 69.9 Å². The van der Waals surface area contributed by atoms with Gasteiger partial charge in [-0.25, -0.2) is 4.39 Å². The summed E-state index contributed by atoms with van der Waals surface area (Å²) < 4.78 is 25.8. The van der Waals surface area contributed by atoms with Crippen molar-refractivity contribution in [1.29, 1.82) is 0 Å². The quantitative estimate of drug-likeness (QED) is 0.838. The average Bonchev–Trinajstić information content (AvgIpc) is 2.74. The fourth-order valence-electron chi connectivity index (χ4n) is 4.53. The number of pyridine rings is 1. The van der Waals surface area contributed by atoms with Crippen molar-refractivity contribution in [1.82, 2.24) is 9.88 Å². The Morgan fingerprint density at radius 2 is 2.03 bits per heavy atom. The molecule has 2 saturated heterocycles. The minimum Gasteiger partial charge on any atom is -0.370 e. The molecule has 160 valence electrons. The molecule has 6 nitrogen and oxygen atoms in total. The lowest BCUT2D eigenvalue weighted by atomic mass is 9.75. The molecule has 1 spiro atoms. The molecule has 1 aromatic carbocycles. The zero-order chi connectivity index (χ0) is 21.3. The summed E-state index contributed by atoms with van der Waals surface area (Å²) in [5.74, 6) is -0.0997. The van der Waals surface area contributed by atoms with Crippen LogP contribution in [-0.4, -0.2) is 47.7 Å². The number of nitrogens with zero attached hydrogens (tertiary/aromatic N) is 1. The van der Waals surface area contributed by atoms with Gasteiger partial charge in [0.2, 0.25) is 0 Å². The standard InChI is InChI=1S/C23H27FN2O4/c1-15(2)19-12-23(14-29-20(19)16-5-7-17(24)8-6-16)13-26(10-11-30-23)22(28)18-4-3-9-25-21(18)27/h3-9,15,19-20H,10-14H2,1-2H3,(H,25,27)/t19-,20-,23-/m0/s1. The maximum Gasteiger partial charge on any atom is 0.260 e. The van der Waals surface area contributed by atoms with Crippen LogP contribution in [-0.2, 0) is 9.47 Å². The first kappa shape index (κ1) is 20.8. The largest absolute Gasteiger partial charge is 0.370 e. The number of nitrogens with one attached hydrogen (secondary N) is 1. The van der Waals surface area contributed by atoms with Crippen LogP contribution in [0.2, 0.25) is 0 Å². The number of benzene rings is 1. The molecule has 2 aliphatic rings. The van der Waals surface area contributed by atoms with Crippen molar-refractivity contribution in [3.8, 4) is 0 Å². The highest BCUT2D eigenvalue weighted by atomic mass is 19.1. The average molecular weight is 414 g/mol. The normalized spacial score (nSPS) is 26.9. The zero-order valence-electron chi connectivity index (χ0n) is 17.3. The fraction of sp³-hybridized carbons (Fsp3) is 0.478. The molecule has 3 atom stereocenters. The monoisotopic (exact) mass is 414 g/mol. The van der Waals surface area contributed by atoms with Crippen LogP contribution in [0.4, 0.5) is 4.39 Å². The van der Waals surface area contributed by atoms with Crippen molar-refractivity contribution in [2.24, 2.45) is 11.8 Å². The van der Waals surface area contributed by atoms with Crippen LogP contribution in [0.25, 0.3) is 0 Å². The summed E-state index contributed by atoms with van der Waals surface area (Å²) in [6, 6.07) is 9.64. The van der Waals surface area contributed by atoms with Gasteiger partial charge in [-0.1, -0.05) is 26.0 Å². The minimum absolute atomic E-state index is 0.135. The molecule has 2 aromatic rings. The van der Waals surface area contributed by atoms with Crippen molar-refractivity contribution in [2.75, 3.05) is 26.3 Å². The summed E-state index contributed by atoms with van der Waals surface area (Å²) in [6.07, 6.45) is 2.09. The number of carbonyl (C=O) groups is 1. The summed E-state index contributed by atoms with van der Waals surface area (Å²) in [5.41, 5.74) is 0.0840. The molecule has 1 N–H and O–H groups in total. The lowest BCUT2D eigenvalue weighted by Crippen LogP contribution is -2.59. The van der Waals surface area contributed by atoms with E-state index in [-0.39, 0.29) is 34.9 Å². The molecular weight excluding hydrogens is 387 g/mol. The molecule has 0 saturated carbocycles. The molecule has 2 aliphatic heterocycles. The number of H-pyrrole nitrogens is 1. The molecule has 30 heavy (non-hydrogen) atoms. The number of morpholine rings is 1. The van der Waals surface area contributed by atoms with E-state index in [1.807, 2.05) is 0 Å². The third kappa shape index (κ3) is 4.04. The molecule has 0 radical (unpaired) electrons. The van der Waals surface area contributed by atoms with Crippen LogP contribution in [0.1, 0.15) is 42.3 Å². The van der Waals surface area contributed by atoms with E-state index in [1.54, 1.807) is 29.2 Å². The first-order chi connectivity index (χ1) is 14.4. The van der Waals surface area contributed by atoms with Gasteiger partial charge in [-0.05, 0) is 48.1 Å². The van der Waals surface area contributed by atoms with E-state index in [4.69, 9.17) is 9.47 Å². The Morgan fingerprint density at radius 1 is 1.27 bits per heavy atom. The molecule has 0 aliphatic carbocycles. The van der Waals surface area contributed by atoms with Crippen LogP contribution >= 0.6 is 0 Å². The second kappa shape index (κ2) is 8.32. The highest BCUT2D eigenvalue weighted by Crippen LogP contribution is 2.44. The number of aromatic nitrogens is 1. The van der Waals surface area contributed by atoms with Gasteiger partial charge in [0, 0.05) is 12.7 Å². The van der Waals surface area contributed by atoms with Gasteiger partial charge < -0.3 is 19.4 Å². The maximum absolute atomic E-state index is 13.4. The van der Waals surface area contributed by atoms with Crippen LogP contribution in [0, 0.1) is 17.7 Å². The number of aromatic amines is 1. The topological polar surface area (TPSA) is 71.6 Å². The molecular formula is C23H27FN2O4. The second-order valence-corrected chi connectivity index (χ2v) is 8.57. The lowest BCUT2D eigenvalue weighted by molar-refractivity contribution is -0.205. The molecule has 0 unspecified atom stereocenters. The van der Waals surface area contributed by atoms with E-state index < -0.39 is 5.60 Å². The molecule has 0 bridgehead atoms. The zero-order valence-corrected chi connectivity index (χ0v) is 17.3. The van der Waals surface area contributed by atoms with Crippen molar-refractivity contribution < 1.29 is 18.7 Å². The van der Waals surface area contributed by atoms with Crippen LogP contribution < -0.4 is 5.56 Å². The summed E-state index contributed by atoms with van der Waals surface area (Å²) in [7, 11) is 0. The maximum atomic E-state index is 13.4. The van der Waals surface area contributed by atoms with E-state index in [9.17, 15) is 14.0 Å². The second-order valence-electron chi connectivity index (χ2n) is 8.57. The Kier molecular flexibility index (Phi) is 5.75. The highest BCUT2D eigenvalue weighted by Gasteiger charge is 2.47. The predicted octanol–water partition coefficient (Wildman–Crippen LogP) is 3.16. The lowest BCUT2D eigenvalue weighted by Gasteiger charge is -2.50. The Balaban J connectivity index is 1.54. The summed E-state index contributed by atoms with van der Waals surface area (Å²) in [4.78, 5) is 29.2. The molecule has 7 heteroatoms. The third-order valence-corrected chi connectivity index (χ3v) is 6.16. The SMILES string of the molecule is CC(C)[C@@H]1C[C@@]2(CO[C@H]1c1ccc(F)cc1)CN(C(=O)c1ccc[nH]c1=O)CCO2. The van der Waals surface area contributed by atoms with Gasteiger partial charge in [-0.3, -0.25) is 9.59 Å². The Morgan fingerprint density at radius 3 is 2.73 bits per heavy atom. The molecule has 1 amide bonds. The number of hydrogen-bond donors (Lipinski definition) is 1. The first-order valence-corrected chi connectivity index (χ1v) is 10.4. The number of rotatable bonds is 3. The molecule has 3 heterocycles. The molecule has 2 fully saturated rings. The summed E-state index contributed by atoms with van der Waals surface area (Å²) in [5, 5.41) is 0. The first-order valence-electron chi connectivity index (χ1n) is 10.4. The van der Waals surface area contributed by atoms with Gasteiger partial charge in [-0.15, -0.1) is 0 Å². The van der Waals surface area contributed by atoms with Crippen molar-refractivity contribution >= 4 is 5.91 Å². The van der Waals surface area contributed by atoms with Gasteiger partial charge in [-0.2, -0.15) is 0 Å². The Hall–Kier alpha value is -2.51. The predicted molar refractivity (Wildman–Crippen MR) is 110 cm³/mol. The van der Waals surface area contributed by atoms with E-state index >= 15 is 0 Å². The number of halogens is 1. The Labute approximate surface area is 175 Å². The van der Waals surface area contributed by atoms with E-state index in [0.717, 1.165) is 12.0 Å². The fourth-order valence-corrected chi connectivity index (χ4v) is 4.53. The number of carbonyl (C=O) groups excluding carboxylic acids is 1. The smallest absolute Gasteiger partial charge is 0.260 e. The molecule has 1 aromatic heterocycles. The van der Waals surface area contributed by atoms with E-state index in [1.165, 1.54) is 18.3 Å². The van der Waals surface area contributed by atoms with Gasteiger partial charge in [0.25, 0.3) is 11.5 Å². The summed E-state index contributed by atoms with van der Waals surface area (Å²) >= 11 is 0. The van der Waals surface area contributed by atoms with Crippen molar-refractivity contribution in [3.63, 3.8) is 0 Å². The summed E-state index contributed by atoms with van der Waals surface area (Å²) in [6.45, 7) is 5.82. The Bertz CT molecular complexity index is 958. The van der Waals surface area contributed by atoms with E-state index in [2.05, 4.69) is 18.8 Å². The number of hydrogen-bond acceptors (Lipinski definition) is 4. The van der Waals surface area contributed by atoms with Crippen LogP contribution in [0.3, 0.4) is 0 Å². The number of ether oxygens (including phenoxy) is 2. The number of amides is 1. The van der Waals surface area contributed by atoms with Crippen molar-refractivity contribution in [2.45, 2.75) is 32.0 Å². The van der Waals surface area contributed by atoms with Crippen LogP contribution in [0.5, 0.6) is 0 Å². The van der Waals surface area contributed by atoms with Gasteiger partial charge in [0.15, 0.2) is 0 Å².